The van der Waals surface area contributed by atoms with E-state index in [9.17, 15) is 4.79 Å². The lowest BCUT2D eigenvalue weighted by Gasteiger charge is -2.19. The molecule has 0 saturated carbocycles. The van der Waals surface area contributed by atoms with E-state index in [1.54, 1.807) is 13.3 Å². The van der Waals surface area contributed by atoms with Crippen molar-refractivity contribution in [1.82, 2.24) is 5.43 Å². The van der Waals surface area contributed by atoms with Crippen LogP contribution in [0, 0.1) is 3.57 Å². The molecule has 154 valence electrons. The molecule has 29 heavy (non-hydrogen) atoms. The van der Waals surface area contributed by atoms with Crippen LogP contribution in [0.3, 0.4) is 0 Å². The number of thioether (sulfide) groups is 2. The fourth-order valence-electron chi connectivity index (χ4n) is 2.85. The Morgan fingerprint density at radius 1 is 1.28 bits per heavy atom. The molecule has 1 fully saturated rings. The molecule has 3 rings (SSSR count). The number of ether oxygens (including phenoxy) is 2. The molecule has 1 amide bonds. The molecular formula is C21H23IN2O3S2. The van der Waals surface area contributed by atoms with Crippen molar-refractivity contribution in [3.8, 4) is 11.5 Å². The molecule has 0 radical (unpaired) electrons. The van der Waals surface area contributed by atoms with Crippen LogP contribution >= 0.6 is 46.1 Å². The van der Waals surface area contributed by atoms with Gasteiger partial charge in [-0.3, -0.25) is 4.79 Å². The number of hydrogen-bond acceptors (Lipinski definition) is 6. The summed E-state index contributed by atoms with van der Waals surface area (Å²) in [5.74, 6) is 3.44. The Morgan fingerprint density at radius 3 is 2.69 bits per heavy atom. The Labute approximate surface area is 193 Å². The van der Waals surface area contributed by atoms with Gasteiger partial charge in [-0.1, -0.05) is 30.3 Å². The maximum Gasteiger partial charge on any atom is 0.242 e. The molecule has 0 aromatic heterocycles. The van der Waals surface area contributed by atoms with Gasteiger partial charge in [0.2, 0.25) is 5.91 Å². The van der Waals surface area contributed by atoms with Crippen molar-refractivity contribution in [3.05, 3.63) is 57.2 Å². The maximum atomic E-state index is 12.2. The Bertz CT molecular complexity index is 872. The highest BCUT2D eigenvalue weighted by atomic mass is 127. The largest absolute Gasteiger partial charge is 0.493 e. The summed E-state index contributed by atoms with van der Waals surface area (Å²) in [6.45, 7) is 2.57. The van der Waals surface area contributed by atoms with Crippen LogP contribution < -0.4 is 14.9 Å². The minimum Gasteiger partial charge on any atom is -0.493 e. The molecule has 5 nitrogen and oxygen atoms in total. The molecule has 0 aliphatic carbocycles. The number of benzene rings is 2. The first-order valence-electron chi connectivity index (χ1n) is 9.13. The van der Waals surface area contributed by atoms with Crippen LogP contribution in [0.4, 0.5) is 0 Å². The van der Waals surface area contributed by atoms with Crippen molar-refractivity contribution in [2.45, 2.75) is 24.0 Å². The van der Waals surface area contributed by atoms with Gasteiger partial charge in [-0.2, -0.15) is 5.10 Å². The zero-order chi connectivity index (χ0) is 20.7. The zero-order valence-electron chi connectivity index (χ0n) is 16.3. The second-order valence-electron chi connectivity index (χ2n) is 6.61. The summed E-state index contributed by atoms with van der Waals surface area (Å²) in [5.41, 5.74) is 4.55. The number of carbonyl (C=O) groups excluding carboxylic acids is 1. The number of hydrazone groups is 1. The van der Waals surface area contributed by atoms with Crippen molar-refractivity contribution < 1.29 is 14.3 Å². The SMILES string of the molecule is COc1cc(/C=N\NC(=O)CC2(C)SCCS2)cc(I)c1OCc1ccccc1. The normalized spacial score (nSPS) is 15.4. The van der Waals surface area contributed by atoms with E-state index in [0.717, 1.165) is 26.2 Å². The van der Waals surface area contributed by atoms with Crippen LogP contribution in [-0.4, -0.2) is 34.8 Å². The first-order valence-corrected chi connectivity index (χ1v) is 12.2. The van der Waals surface area contributed by atoms with Gasteiger partial charge in [-0.25, -0.2) is 5.43 Å². The molecule has 2 aromatic rings. The average molecular weight is 542 g/mol. The van der Waals surface area contributed by atoms with Crippen molar-refractivity contribution in [2.24, 2.45) is 5.10 Å². The van der Waals surface area contributed by atoms with Gasteiger partial charge in [-0.05, 0) is 52.8 Å². The minimum absolute atomic E-state index is 0.0457. The van der Waals surface area contributed by atoms with E-state index in [4.69, 9.17) is 9.47 Å². The van der Waals surface area contributed by atoms with E-state index in [1.165, 1.54) is 0 Å². The lowest BCUT2D eigenvalue weighted by atomic mass is 10.2. The van der Waals surface area contributed by atoms with E-state index in [0.29, 0.717) is 24.5 Å². The number of methoxy groups -OCH3 is 1. The Kier molecular flexibility index (Phi) is 8.14. The van der Waals surface area contributed by atoms with E-state index in [-0.39, 0.29) is 9.99 Å². The van der Waals surface area contributed by atoms with Gasteiger partial charge >= 0.3 is 0 Å². The lowest BCUT2D eigenvalue weighted by molar-refractivity contribution is -0.121. The quantitative estimate of drug-likeness (QED) is 0.292. The van der Waals surface area contributed by atoms with Gasteiger partial charge in [0.25, 0.3) is 0 Å². The van der Waals surface area contributed by atoms with Crippen LogP contribution in [0.2, 0.25) is 0 Å². The summed E-state index contributed by atoms with van der Waals surface area (Å²) in [7, 11) is 1.61. The highest BCUT2D eigenvalue weighted by Gasteiger charge is 2.32. The second kappa shape index (κ2) is 10.6. The van der Waals surface area contributed by atoms with E-state index in [2.05, 4.69) is 40.0 Å². The van der Waals surface area contributed by atoms with E-state index in [1.807, 2.05) is 66.0 Å². The monoisotopic (exact) mass is 542 g/mol. The Hall–Kier alpha value is -1.39. The molecule has 8 heteroatoms. The zero-order valence-corrected chi connectivity index (χ0v) is 20.1. The molecule has 2 aromatic carbocycles. The van der Waals surface area contributed by atoms with Crippen LogP contribution in [0.5, 0.6) is 11.5 Å². The third-order valence-electron chi connectivity index (χ3n) is 4.26. The van der Waals surface area contributed by atoms with Gasteiger partial charge in [0.05, 0.1) is 27.4 Å². The summed E-state index contributed by atoms with van der Waals surface area (Å²) in [4.78, 5) is 12.2. The second-order valence-corrected chi connectivity index (χ2v) is 11.2. The number of nitrogens with one attached hydrogen (secondary N) is 1. The molecule has 1 aliphatic rings. The number of hydrogen-bond donors (Lipinski definition) is 1. The average Bonchev–Trinajstić information content (AvgIpc) is 3.13. The summed E-state index contributed by atoms with van der Waals surface area (Å²) in [6, 6.07) is 13.8. The fourth-order valence-corrected chi connectivity index (χ4v) is 6.46. The number of nitrogens with zero attached hydrogens (tertiary/aromatic N) is 1. The van der Waals surface area contributed by atoms with E-state index < -0.39 is 0 Å². The summed E-state index contributed by atoms with van der Waals surface area (Å²) < 4.78 is 12.3. The summed E-state index contributed by atoms with van der Waals surface area (Å²) in [6.07, 6.45) is 2.08. The van der Waals surface area contributed by atoms with Crippen LogP contribution in [0.1, 0.15) is 24.5 Å². The van der Waals surface area contributed by atoms with Gasteiger partial charge in [-0.15, -0.1) is 23.5 Å². The predicted octanol–water partition coefficient (Wildman–Crippen LogP) is 4.92. The fraction of sp³-hybridized carbons (Fsp3) is 0.333. The summed E-state index contributed by atoms with van der Waals surface area (Å²) >= 11 is 5.88. The predicted molar refractivity (Wildman–Crippen MR) is 130 cm³/mol. The molecule has 1 N–H and O–H groups in total. The smallest absolute Gasteiger partial charge is 0.242 e. The number of amides is 1. The van der Waals surface area contributed by atoms with Crippen molar-refractivity contribution in [2.75, 3.05) is 18.6 Å². The lowest BCUT2D eigenvalue weighted by Crippen LogP contribution is -2.26. The first-order chi connectivity index (χ1) is 14.0. The van der Waals surface area contributed by atoms with Crippen molar-refractivity contribution >= 4 is 58.2 Å². The topological polar surface area (TPSA) is 59.9 Å². The Balaban J connectivity index is 1.61. The van der Waals surface area contributed by atoms with Crippen molar-refractivity contribution in [3.63, 3.8) is 0 Å². The molecule has 0 spiro atoms. The van der Waals surface area contributed by atoms with Gasteiger partial charge < -0.3 is 9.47 Å². The number of carbonyl (C=O) groups is 1. The van der Waals surface area contributed by atoms with Gasteiger partial charge in [0, 0.05) is 11.5 Å². The molecule has 0 atom stereocenters. The molecule has 0 bridgehead atoms. The summed E-state index contributed by atoms with van der Waals surface area (Å²) in [5, 5.41) is 4.11. The first kappa shape index (κ1) is 22.3. The molecule has 1 heterocycles. The standard InChI is InChI=1S/C21H23IN2O3S2/c1-21(28-8-9-29-21)12-19(25)24-23-13-16-10-17(22)20(18(11-16)26-2)27-14-15-6-4-3-5-7-15/h3-7,10-11,13H,8-9,12,14H2,1-2H3,(H,24,25)/b23-13-. The third kappa shape index (κ3) is 6.55. The van der Waals surface area contributed by atoms with E-state index >= 15 is 0 Å². The minimum atomic E-state index is -0.0740. The third-order valence-corrected chi connectivity index (χ3v) is 8.35. The maximum absolute atomic E-state index is 12.2. The number of halogens is 1. The molecule has 1 saturated heterocycles. The molecule has 0 unspecified atom stereocenters. The highest BCUT2D eigenvalue weighted by Crippen LogP contribution is 2.45. The van der Waals surface area contributed by atoms with Crippen LogP contribution in [0.15, 0.2) is 47.6 Å². The van der Waals surface area contributed by atoms with Crippen LogP contribution in [-0.2, 0) is 11.4 Å². The Morgan fingerprint density at radius 2 is 2.00 bits per heavy atom. The van der Waals surface area contributed by atoms with Gasteiger partial charge in [0.15, 0.2) is 11.5 Å². The molecular weight excluding hydrogens is 519 g/mol. The van der Waals surface area contributed by atoms with Crippen LogP contribution in [0.25, 0.3) is 0 Å². The molecule has 1 aliphatic heterocycles. The highest BCUT2D eigenvalue weighted by molar-refractivity contribution is 14.1. The van der Waals surface area contributed by atoms with Gasteiger partial charge in [0.1, 0.15) is 6.61 Å². The number of rotatable bonds is 8. The van der Waals surface area contributed by atoms with Crippen molar-refractivity contribution in [1.29, 1.82) is 0 Å².